The molecule has 0 radical (unpaired) electrons. The van der Waals surface area contributed by atoms with Crippen molar-refractivity contribution in [3.63, 3.8) is 0 Å². The minimum absolute atomic E-state index is 0.348. The molecule has 4 rings (SSSR count). The zero-order valence-corrected chi connectivity index (χ0v) is 17.9. The van der Waals surface area contributed by atoms with Gasteiger partial charge in [0, 0.05) is 55.8 Å². The highest BCUT2D eigenvalue weighted by Crippen LogP contribution is 2.23. The zero-order valence-electron chi connectivity index (χ0n) is 17.1. The molecule has 0 amide bonds. The second-order valence-electron chi connectivity index (χ2n) is 7.51. The van der Waals surface area contributed by atoms with E-state index in [0.29, 0.717) is 6.04 Å². The maximum absolute atomic E-state index is 6.14. The first-order valence-electron chi connectivity index (χ1n) is 10.2. The Morgan fingerprint density at radius 3 is 2.83 bits per heavy atom. The highest BCUT2D eigenvalue weighted by atomic mass is 35.5. The van der Waals surface area contributed by atoms with Crippen LogP contribution >= 0.6 is 11.6 Å². The molecular formula is C23H27ClN6. The molecule has 2 heterocycles. The monoisotopic (exact) mass is 422 g/mol. The summed E-state index contributed by atoms with van der Waals surface area (Å²) in [5.41, 5.74) is 3.62. The molecule has 7 heteroatoms. The van der Waals surface area contributed by atoms with Crippen molar-refractivity contribution in [2.24, 2.45) is 4.99 Å². The summed E-state index contributed by atoms with van der Waals surface area (Å²) in [6.07, 6.45) is 4.84. The van der Waals surface area contributed by atoms with Gasteiger partial charge in [-0.25, -0.2) is 0 Å². The Bertz CT molecular complexity index is 985. The number of aliphatic imine (C=N–C) groups is 1. The molecule has 0 bridgehead atoms. The molecule has 2 N–H and O–H groups in total. The standard InChI is InChI=1S/C23H27ClN6/c1-25-23(28-21-9-12-29(17-21)22-8-3-7-20(24)14-22)26-15-18-5-2-6-19(13-18)16-30-11-4-10-27-30/h2-8,10-11,13-14,21H,9,12,15-17H2,1H3,(H2,25,26,28). The average Bonchev–Trinajstić information content (AvgIpc) is 3.43. The second-order valence-corrected chi connectivity index (χ2v) is 7.94. The molecule has 2 aromatic carbocycles. The summed E-state index contributed by atoms with van der Waals surface area (Å²) >= 11 is 6.14. The van der Waals surface area contributed by atoms with Crippen LogP contribution in [0.15, 0.2) is 72.0 Å². The van der Waals surface area contributed by atoms with E-state index >= 15 is 0 Å². The SMILES string of the molecule is CN=C(NCc1cccc(Cn2cccn2)c1)NC1CCN(c2cccc(Cl)c2)C1. The Morgan fingerprint density at radius 1 is 1.17 bits per heavy atom. The Kier molecular flexibility index (Phi) is 6.54. The maximum Gasteiger partial charge on any atom is 0.191 e. The largest absolute Gasteiger partial charge is 0.369 e. The van der Waals surface area contributed by atoms with Crippen molar-refractivity contribution in [1.29, 1.82) is 0 Å². The number of aromatic nitrogens is 2. The van der Waals surface area contributed by atoms with Crippen molar-refractivity contribution in [1.82, 2.24) is 20.4 Å². The summed E-state index contributed by atoms with van der Waals surface area (Å²) in [5.74, 6) is 0.824. The number of nitrogens with one attached hydrogen (secondary N) is 2. The van der Waals surface area contributed by atoms with Crippen LogP contribution in [0.4, 0.5) is 5.69 Å². The third-order valence-electron chi connectivity index (χ3n) is 5.28. The van der Waals surface area contributed by atoms with Crippen molar-refractivity contribution in [3.05, 3.63) is 83.1 Å². The Hall–Kier alpha value is -2.99. The number of guanidine groups is 1. The predicted molar refractivity (Wildman–Crippen MR) is 123 cm³/mol. The first-order chi connectivity index (χ1) is 14.7. The van der Waals surface area contributed by atoms with Crippen LogP contribution in [0.3, 0.4) is 0 Å². The third-order valence-corrected chi connectivity index (χ3v) is 5.52. The maximum atomic E-state index is 6.14. The van der Waals surface area contributed by atoms with E-state index in [-0.39, 0.29) is 0 Å². The topological polar surface area (TPSA) is 57.5 Å². The van der Waals surface area contributed by atoms with Crippen LogP contribution in [0.5, 0.6) is 0 Å². The molecule has 1 atom stereocenters. The second kappa shape index (κ2) is 9.67. The van der Waals surface area contributed by atoms with Gasteiger partial charge in [0.15, 0.2) is 5.96 Å². The van der Waals surface area contributed by atoms with Crippen LogP contribution in [0.1, 0.15) is 17.5 Å². The van der Waals surface area contributed by atoms with Crippen LogP contribution in [-0.2, 0) is 13.1 Å². The van der Waals surface area contributed by atoms with Crippen molar-refractivity contribution < 1.29 is 0 Å². The quantitative estimate of drug-likeness (QED) is 0.471. The number of hydrogen-bond donors (Lipinski definition) is 2. The molecule has 3 aromatic rings. The molecule has 1 fully saturated rings. The van der Waals surface area contributed by atoms with E-state index in [4.69, 9.17) is 11.6 Å². The van der Waals surface area contributed by atoms with Crippen LogP contribution < -0.4 is 15.5 Å². The zero-order chi connectivity index (χ0) is 20.8. The number of nitrogens with zero attached hydrogens (tertiary/aromatic N) is 4. The summed E-state index contributed by atoms with van der Waals surface area (Å²) < 4.78 is 1.93. The van der Waals surface area contributed by atoms with Crippen molar-refractivity contribution >= 4 is 23.2 Å². The van der Waals surface area contributed by atoms with Gasteiger partial charge in [-0.15, -0.1) is 0 Å². The summed E-state index contributed by atoms with van der Waals surface area (Å²) in [6, 6.07) is 18.9. The summed E-state index contributed by atoms with van der Waals surface area (Å²) in [7, 11) is 1.81. The van der Waals surface area contributed by atoms with Gasteiger partial charge in [-0.1, -0.05) is 41.9 Å². The Morgan fingerprint density at radius 2 is 2.03 bits per heavy atom. The lowest BCUT2D eigenvalue weighted by Gasteiger charge is -2.20. The lowest BCUT2D eigenvalue weighted by atomic mass is 10.1. The van der Waals surface area contributed by atoms with Gasteiger partial charge in [-0.3, -0.25) is 9.67 Å². The van der Waals surface area contributed by atoms with E-state index in [2.05, 4.69) is 56.0 Å². The van der Waals surface area contributed by atoms with E-state index in [1.54, 1.807) is 6.20 Å². The van der Waals surface area contributed by atoms with Crippen LogP contribution in [0.2, 0.25) is 5.02 Å². The predicted octanol–water partition coefficient (Wildman–Crippen LogP) is 3.53. The first-order valence-corrected chi connectivity index (χ1v) is 10.6. The molecule has 1 aliphatic rings. The Labute approximate surface area is 182 Å². The average molecular weight is 423 g/mol. The normalized spacial score (nSPS) is 16.7. The van der Waals surface area contributed by atoms with Gasteiger partial charge in [0.1, 0.15) is 0 Å². The van der Waals surface area contributed by atoms with E-state index in [1.807, 2.05) is 42.2 Å². The van der Waals surface area contributed by atoms with Crippen molar-refractivity contribution in [2.45, 2.75) is 25.6 Å². The van der Waals surface area contributed by atoms with Crippen LogP contribution in [0.25, 0.3) is 0 Å². The number of anilines is 1. The van der Waals surface area contributed by atoms with Gasteiger partial charge in [0.05, 0.1) is 6.54 Å². The Balaban J connectivity index is 1.29. The fraction of sp³-hybridized carbons (Fsp3) is 0.304. The van der Waals surface area contributed by atoms with Gasteiger partial charge in [0.25, 0.3) is 0 Å². The third kappa shape index (κ3) is 5.33. The fourth-order valence-electron chi connectivity index (χ4n) is 3.78. The minimum Gasteiger partial charge on any atom is -0.369 e. The summed E-state index contributed by atoms with van der Waals surface area (Å²) in [4.78, 5) is 6.76. The molecule has 156 valence electrons. The lowest BCUT2D eigenvalue weighted by molar-refractivity contribution is 0.648. The molecule has 6 nitrogen and oxygen atoms in total. The highest BCUT2D eigenvalue weighted by Gasteiger charge is 2.23. The molecule has 30 heavy (non-hydrogen) atoms. The molecule has 1 aromatic heterocycles. The van der Waals surface area contributed by atoms with Gasteiger partial charge < -0.3 is 15.5 Å². The van der Waals surface area contributed by atoms with Gasteiger partial charge in [-0.05, 0) is 41.8 Å². The molecule has 1 unspecified atom stereocenters. The molecule has 1 aliphatic heterocycles. The van der Waals surface area contributed by atoms with E-state index < -0.39 is 0 Å². The minimum atomic E-state index is 0.348. The van der Waals surface area contributed by atoms with Gasteiger partial charge >= 0.3 is 0 Å². The first kappa shape index (κ1) is 20.3. The molecule has 0 aliphatic carbocycles. The number of benzene rings is 2. The van der Waals surface area contributed by atoms with Crippen molar-refractivity contribution in [2.75, 3.05) is 25.0 Å². The van der Waals surface area contributed by atoms with Gasteiger partial charge in [-0.2, -0.15) is 5.10 Å². The van der Waals surface area contributed by atoms with E-state index in [0.717, 1.165) is 43.6 Å². The lowest BCUT2D eigenvalue weighted by Crippen LogP contribution is -2.44. The smallest absolute Gasteiger partial charge is 0.191 e. The molecular weight excluding hydrogens is 396 g/mol. The fourth-order valence-corrected chi connectivity index (χ4v) is 3.96. The van der Waals surface area contributed by atoms with Crippen LogP contribution in [0, 0.1) is 0 Å². The number of rotatable bonds is 6. The van der Waals surface area contributed by atoms with Crippen LogP contribution in [-0.4, -0.2) is 41.9 Å². The highest BCUT2D eigenvalue weighted by molar-refractivity contribution is 6.30. The molecule has 0 spiro atoms. The molecule has 1 saturated heterocycles. The summed E-state index contributed by atoms with van der Waals surface area (Å²) in [5, 5.41) is 12.0. The van der Waals surface area contributed by atoms with E-state index in [1.165, 1.54) is 16.8 Å². The van der Waals surface area contributed by atoms with Crippen molar-refractivity contribution in [3.8, 4) is 0 Å². The number of hydrogen-bond acceptors (Lipinski definition) is 3. The summed E-state index contributed by atoms with van der Waals surface area (Å²) in [6.45, 7) is 3.43. The van der Waals surface area contributed by atoms with E-state index in [9.17, 15) is 0 Å². The molecule has 0 saturated carbocycles. The van der Waals surface area contributed by atoms with Gasteiger partial charge in [0.2, 0.25) is 0 Å². The number of halogens is 1.